The molecule has 0 bridgehead atoms. The lowest BCUT2D eigenvalue weighted by Gasteiger charge is -2.42. The third kappa shape index (κ3) is 3.43. The SMILES string of the molecule is CNCC1CCCCN1C1CCCCCC1O. The molecule has 0 aromatic rings. The number of nitrogens with one attached hydrogen (secondary N) is 1. The summed E-state index contributed by atoms with van der Waals surface area (Å²) in [6.07, 6.45) is 9.88. The molecule has 17 heavy (non-hydrogen) atoms. The van der Waals surface area contributed by atoms with Crippen molar-refractivity contribution in [1.29, 1.82) is 0 Å². The van der Waals surface area contributed by atoms with Crippen LogP contribution in [0.25, 0.3) is 0 Å². The minimum Gasteiger partial charge on any atom is -0.391 e. The zero-order chi connectivity index (χ0) is 12.1. The molecule has 2 rings (SSSR count). The molecule has 0 amide bonds. The maximum absolute atomic E-state index is 10.3. The molecule has 3 nitrogen and oxygen atoms in total. The zero-order valence-electron chi connectivity index (χ0n) is 11.2. The molecule has 3 atom stereocenters. The van der Waals surface area contributed by atoms with Crippen LogP contribution in [0.1, 0.15) is 51.4 Å². The van der Waals surface area contributed by atoms with Gasteiger partial charge in [-0.25, -0.2) is 0 Å². The van der Waals surface area contributed by atoms with Gasteiger partial charge < -0.3 is 10.4 Å². The average Bonchev–Trinajstić information content (AvgIpc) is 2.55. The molecule has 0 aromatic carbocycles. The number of hydrogen-bond donors (Lipinski definition) is 2. The summed E-state index contributed by atoms with van der Waals surface area (Å²) >= 11 is 0. The van der Waals surface area contributed by atoms with Crippen molar-refractivity contribution in [3.05, 3.63) is 0 Å². The van der Waals surface area contributed by atoms with E-state index in [0.29, 0.717) is 12.1 Å². The molecular formula is C14H28N2O. The van der Waals surface area contributed by atoms with Crippen LogP contribution in [-0.2, 0) is 0 Å². The Hall–Kier alpha value is -0.120. The van der Waals surface area contributed by atoms with Crippen LogP contribution in [0.2, 0.25) is 0 Å². The molecule has 1 aliphatic heterocycles. The number of rotatable bonds is 3. The minimum absolute atomic E-state index is 0.0880. The van der Waals surface area contributed by atoms with Crippen LogP contribution >= 0.6 is 0 Å². The number of nitrogens with zero attached hydrogens (tertiary/aromatic N) is 1. The molecule has 2 aliphatic rings. The van der Waals surface area contributed by atoms with Crippen molar-refractivity contribution in [2.75, 3.05) is 20.1 Å². The lowest BCUT2D eigenvalue weighted by Crippen LogP contribution is -2.53. The van der Waals surface area contributed by atoms with Crippen molar-refractivity contribution >= 4 is 0 Å². The smallest absolute Gasteiger partial charge is 0.0695 e. The Morgan fingerprint density at radius 3 is 2.65 bits per heavy atom. The lowest BCUT2D eigenvalue weighted by atomic mass is 9.95. The van der Waals surface area contributed by atoms with E-state index < -0.39 is 0 Å². The predicted octanol–water partition coefficient (Wildman–Crippen LogP) is 1.75. The summed E-state index contributed by atoms with van der Waals surface area (Å²) in [6.45, 7) is 2.26. The molecule has 0 aromatic heterocycles. The van der Waals surface area contributed by atoms with Crippen LogP contribution in [0.4, 0.5) is 0 Å². The normalized spacial score (nSPS) is 36.7. The monoisotopic (exact) mass is 240 g/mol. The first-order valence-corrected chi connectivity index (χ1v) is 7.41. The Balaban J connectivity index is 2.00. The van der Waals surface area contributed by atoms with Gasteiger partial charge in [-0.05, 0) is 39.3 Å². The number of piperidine rings is 1. The van der Waals surface area contributed by atoms with E-state index in [2.05, 4.69) is 10.2 Å². The first-order chi connectivity index (χ1) is 8.33. The molecule has 1 heterocycles. The number of likely N-dealkylation sites (N-methyl/N-ethyl adjacent to an activating group) is 1. The number of aliphatic hydroxyl groups is 1. The van der Waals surface area contributed by atoms with Gasteiger partial charge in [-0.15, -0.1) is 0 Å². The van der Waals surface area contributed by atoms with Gasteiger partial charge in [0.2, 0.25) is 0 Å². The molecule has 1 saturated heterocycles. The van der Waals surface area contributed by atoms with Crippen molar-refractivity contribution < 1.29 is 5.11 Å². The van der Waals surface area contributed by atoms with Gasteiger partial charge in [0.1, 0.15) is 0 Å². The van der Waals surface area contributed by atoms with Gasteiger partial charge in [-0.3, -0.25) is 4.90 Å². The molecule has 2 N–H and O–H groups in total. The third-order valence-corrected chi connectivity index (χ3v) is 4.48. The summed E-state index contributed by atoms with van der Waals surface area (Å²) in [6, 6.07) is 1.07. The van der Waals surface area contributed by atoms with E-state index in [1.165, 1.54) is 51.5 Å². The molecule has 2 fully saturated rings. The van der Waals surface area contributed by atoms with E-state index in [1.54, 1.807) is 0 Å². The maximum Gasteiger partial charge on any atom is 0.0695 e. The van der Waals surface area contributed by atoms with Gasteiger partial charge in [0.15, 0.2) is 0 Å². The quantitative estimate of drug-likeness (QED) is 0.738. The Morgan fingerprint density at radius 2 is 1.82 bits per heavy atom. The standard InChI is InChI=1S/C14H28N2O/c1-15-11-12-7-5-6-10-16(12)13-8-3-2-4-9-14(13)17/h12-15,17H,2-11H2,1H3. The molecule has 1 aliphatic carbocycles. The van der Waals surface area contributed by atoms with E-state index >= 15 is 0 Å². The van der Waals surface area contributed by atoms with Crippen LogP contribution in [0.5, 0.6) is 0 Å². The molecule has 1 saturated carbocycles. The number of likely N-dealkylation sites (tertiary alicyclic amines) is 1. The molecule has 0 spiro atoms. The van der Waals surface area contributed by atoms with Crippen LogP contribution in [0.15, 0.2) is 0 Å². The Kier molecular flexibility index (Phi) is 5.26. The first-order valence-electron chi connectivity index (χ1n) is 7.41. The van der Waals surface area contributed by atoms with Gasteiger partial charge in [0, 0.05) is 18.6 Å². The van der Waals surface area contributed by atoms with Gasteiger partial charge >= 0.3 is 0 Å². The van der Waals surface area contributed by atoms with Crippen molar-refractivity contribution in [2.24, 2.45) is 0 Å². The van der Waals surface area contributed by atoms with Crippen molar-refractivity contribution in [1.82, 2.24) is 10.2 Å². The predicted molar refractivity (Wildman–Crippen MR) is 71.2 cm³/mol. The highest BCUT2D eigenvalue weighted by Crippen LogP contribution is 2.28. The van der Waals surface area contributed by atoms with E-state index in [1.807, 2.05) is 7.05 Å². The summed E-state index contributed by atoms with van der Waals surface area (Å²) in [5, 5.41) is 13.6. The van der Waals surface area contributed by atoms with Crippen molar-refractivity contribution in [2.45, 2.75) is 69.6 Å². The van der Waals surface area contributed by atoms with E-state index in [9.17, 15) is 5.11 Å². The fraction of sp³-hybridized carbons (Fsp3) is 1.00. The Labute approximate surface area is 106 Å². The zero-order valence-corrected chi connectivity index (χ0v) is 11.2. The van der Waals surface area contributed by atoms with E-state index in [-0.39, 0.29) is 6.10 Å². The highest BCUT2D eigenvalue weighted by molar-refractivity contribution is 4.88. The summed E-state index contributed by atoms with van der Waals surface area (Å²) in [7, 11) is 2.04. The summed E-state index contributed by atoms with van der Waals surface area (Å²) < 4.78 is 0. The van der Waals surface area contributed by atoms with Gasteiger partial charge in [0.05, 0.1) is 6.10 Å². The second kappa shape index (κ2) is 6.72. The highest BCUT2D eigenvalue weighted by Gasteiger charge is 2.33. The van der Waals surface area contributed by atoms with Crippen molar-refractivity contribution in [3.8, 4) is 0 Å². The molecule has 3 unspecified atom stereocenters. The van der Waals surface area contributed by atoms with E-state index in [4.69, 9.17) is 0 Å². The van der Waals surface area contributed by atoms with Crippen LogP contribution < -0.4 is 5.32 Å². The average molecular weight is 240 g/mol. The summed E-state index contributed by atoms with van der Waals surface area (Å²) in [4.78, 5) is 2.61. The summed E-state index contributed by atoms with van der Waals surface area (Å²) in [5.74, 6) is 0. The largest absolute Gasteiger partial charge is 0.391 e. The molecule has 0 radical (unpaired) electrons. The molecule has 3 heteroatoms. The van der Waals surface area contributed by atoms with E-state index in [0.717, 1.165) is 13.0 Å². The minimum atomic E-state index is -0.0880. The van der Waals surface area contributed by atoms with Gasteiger partial charge in [-0.2, -0.15) is 0 Å². The number of aliphatic hydroxyl groups excluding tert-OH is 1. The van der Waals surface area contributed by atoms with Gasteiger partial charge in [-0.1, -0.05) is 25.7 Å². The van der Waals surface area contributed by atoms with Crippen LogP contribution in [-0.4, -0.2) is 48.3 Å². The summed E-state index contributed by atoms with van der Waals surface area (Å²) in [5.41, 5.74) is 0. The Morgan fingerprint density at radius 1 is 1.06 bits per heavy atom. The second-order valence-electron chi connectivity index (χ2n) is 5.72. The number of hydrogen-bond acceptors (Lipinski definition) is 3. The van der Waals surface area contributed by atoms with Crippen LogP contribution in [0, 0.1) is 0 Å². The van der Waals surface area contributed by atoms with Crippen molar-refractivity contribution in [3.63, 3.8) is 0 Å². The topological polar surface area (TPSA) is 35.5 Å². The maximum atomic E-state index is 10.3. The highest BCUT2D eigenvalue weighted by atomic mass is 16.3. The van der Waals surface area contributed by atoms with Gasteiger partial charge in [0.25, 0.3) is 0 Å². The molecular weight excluding hydrogens is 212 g/mol. The first kappa shape index (κ1) is 13.3. The fourth-order valence-corrected chi connectivity index (χ4v) is 3.57. The van der Waals surface area contributed by atoms with Crippen LogP contribution in [0.3, 0.4) is 0 Å². The second-order valence-corrected chi connectivity index (χ2v) is 5.72. The molecule has 100 valence electrons. The fourth-order valence-electron chi connectivity index (χ4n) is 3.57. The lowest BCUT2D eigenvalue weighted by molar-refractivity contribution is 0.00475. The third-order valence-electron chi connectivity index (χ3n) is 4.48. The Bertz CT molecular complexity index is 220.